The van der Waals surface area contributed by atoms with E-state index >= 15 is 4.39 Å². The predicted octanol–water partition coefficient (Wildman–Crippen LogP) is 3.53. The number of benzene rings is 2. The molecule has 3 aromatic rings. The van der Waals surface area contributed by atoms with Crippen molar-refractivity contribution in [3.8, 4) is 17.0 Å². The second kappa shape index (κ2) is 14.4. The first kappa shape index (κ1) is 35.1. The minimum absolute atomic E-state index is 0.0000249. The van der Waals surface area contributed by atoms with Crippen molar-refractivity contribution in [1.29, 1.82) is 0 Å². The average Bonchev–Trinajstić information content (AvgIpc) is 2.96. The lowest BCUT2D eigenvalue weighted by Gasteiger charge is -2.35. The van der Waals surface area contributed by atoms with Gasteiger partial charge in [0.15, 0.2) is 17.0 Å². The maximum atomic E-state index is 15.7. The van der Waals surface area contributed by atoms with Crippen LogP contribution in [0.4, 0.5) is 27.4 Å². The van der Waals surface area contributed by atoms with Crippen molar-refractivity contribution in [2.45, 2.75) is 11.8 Å². The zero-order valence-corrected chi connectivity index (χ0v) is 26.8. The maximum absolute atomic E-state index is 15.7. The standard InChI is InChI=1S/C27H30ClFN6O9P2/c1-3-22(36)31-17-6-4-5-16(11-17)25-19(28)15-30-27(33-25)32-18-12-20(29)26(35-9-7-34(2)8-10-35)21(13-18)44-23(37)14-24(45(38,39)40)46(41,42)43/h3-6,11-13,15,24H,1,7-10,14H2,2H3,(H,31,36)(H,30,32,33)(H2,38,39,40)(H2,41,42,43). The maximum Gasteiger partial charge on any atom is 0.341 e. The molecular weight excluding hydrogens is 669 g/mol. The first-order valence-corrected chi connectivity index (χ1v) is 17.2. The van der Waals surface area contributed by atoms with Crippen LogP contribution in [0.1, 0.15) is 6.42 Å². The Balaban J connectivity index is 1.68. The molecular formula is C27H30ClFN6O9P2. The van der Waals surface area contributed by atoms with Gasteiger partial charge in [-0.05, 0) is 31.3 Å². The number of ether oxygens (including phenoxy) is 1. The smallest absolute Gasteiger partial charge is 0.341 e. The van der Waals surface area contributed by atoms with Crippen molar-refractivity contribution in [2.24, 2.45) is 0 Å². The van der Waals surface area contributed by atoms with Gasteiger partial charge in [0, 0.05) is 49.2 Å². The average molecular weight is 699 g/mol. The Kier molecular flexibility index (Phi) is 11.0. The highest BCUT2D eigenvalue weighted by molar-refractivity contribution is 7.70. The SMILES string of the molecule is C=CC(=O)Nc1cccc(-c2nc(Nc3cc(F)c(N4CCN(C)CC4)c(OC(=O)CC(P(=O)(O)O)P(=O)(O)O)c3)ncc2Cl)c1. The summed E-state index contributed by atoms with van der Waals surface area (Å²) in [5, 5.41) is 2.96. The normalized spacial score (nSPS) is 14.2. The molecule has 1 saturated heterocycles. The number of nitrogens with zero attached hydrogens (tertiary/aromatic N) is 4. The van der Waals surface area contributed by atoms with Gasteiger partial charge in [-0.2, -0.15) is 0 Å². The van der Waals surface area contributed by atoms with Crippen LogP contribution in [0, 0.1) is 5.82 Å². The Labute approximate surface area is 267 Å². The van der Waals surface area contributed by atoms with Gasteiger partial charge >= 0.3 is 21.2 Å². The molecule has 1 aliphatic heterocycles. The molecule has 0 aliphatic carbocycles. The fraction of sp³-hybridized carbons (Fsp3) is 0.259. The number of likely N-dealkylation sites (N-methyl/N-ethyl adjacent to an activating group) is 1. The van der Waals surface area contributed by atoms with E-state index in [4.69, 9.17) is 16.3 Å². The van der Waals surface area contributed by atoms with E-state index in [9.17, 15) is 38.3 Å². The molecule has 2 heterocycles. The van der Waals surface area contributed by atoms with Crippen molar-refractivity contribution < 1.29 is 47.4 Å². The van der Waals surface area contributed by atoms with E-state index in [-0.39, 0.29) is 33.8 Å². The summed E-state index contributed by atoms with van der Waals surface area (Å²) in [7, 11) is -8.99. The first-order chi connectivity index (χ1) is 21.5. The van der Waals surface area contributed by atoms with Crippen LogP contribution in [-0.2, 0) is 18.7 Å². The van der Waals surface area contributed by atoms with E-state index in [0.29, 0.717) is 37.4 Å². The molecule has 0 unspecified atom stereocenters. The van der Waals surface area contributed by atoms with Gasteiger partial charge < -0.3 is 44.7 Å². The zero-order chi connectivity index (χ0) is 33.8. The number of esters is 1. The van der Waals surface area contributed by atoms with Crippen LogP contribution in [0.15, 0.2) is 55.3 Å². The van der Waals surface area contributed by atoms with Gasteiger partial charge in [-0.15, -0.1) is 0 Å². The van der Waals surface area contributed by atoms with E-state index in [0.717, 1.165) is 12.1 Å². The minimum atomic E-state index is -5.43. The molecule has 246 valence electrons. The highest BCUT2D eigenvalue weighted by Gasteiger charge is 2.45. The third kappa shape index (κ3) is 8.96. The molecule has 2 aromatic carbocycles. The van der Waals surface area contributed by atoms with Crippen molar-refractivity contribution in [3.05, 3.63) is 66.1 Å². The van der Waals surface area contributed by atoms with Crippen LogP contribution >= 0.6 is 26.8 Å². The molecule has 15 nitrogen and oxygen atoms in total. The Bertz CT molecular complexity index is 1720. The Morgan fingerprint density at radius 2 is 1.78 bits per heavy atom. The van der Waals surface area contributed by atoms with Gasteiger partial charge in [-0.3, -0.25) is 18.7 Å². The Morgan fingerprint density at radius 1 is 1.11 bits per heavy atom. The molecule has 0 spiro atoms. The van der Waals surface area contributed by atoms with Crippen LogP contribution < -0.4 is 20.3 Å². The Morgan fingerprint density at radius 3 is 2.41 bits per heavy atom. The summed E-state index contributed by atoms with van der Waals surface area (Å²) in [6.07, 6.45) is 1.06. The molecule has 0 saturated carbocycles. The molecule has 0 radical (unpaired) electrons. The van der Waals surface area contributed by atoms with Gasteiger partial charge in [-0.25, -0.2) is 14.4 Å². The van der Waals surface area contributed by atoms with Crippen molar-refractivity contribution >= 4 is 61.7 Å². The molecule has 1 fully saturated rings. The zero-order valence-electron chi connectivity index (χ0n) is 24.2. The highest BCUT2D eigenvalue weighted by atomic mass is 35.5. The number of rotatable bonds is 11. The summed E-state index contributed by atoms with van der Waals surface area (Å²) in [6, 6.07) is 8.94. The number of amides is 1. The summed E-state index contributed by atoms with van der Waals surface area (Å²) in [4.78, 5) is 74.4. The number of hydrogen-bond donors (Lipinski definition) is 6. The van der Waals surface area contributed by atoms with Crippen molar-refractivity contribution in [2.75, 3.05) is 48.8 Å². The van der Waals surface area contributed by atoms with Crippen LogP contribution in [0.25, 0.3) is 11.3 Å². The number of aromatic nitrogens is 2. The summed E-state index contributed by atoms with van der Waals surface area (Å²) >= 11 is 6.36. The molecule has 0 atom stereocenters. The second-order valence-electron chi connectivity index (χ2n) is 10.2. The number of anilines is 4. The molecule has 1 aromatic heterocycles. The van der Waals surface area contributed by atoms with E-state index < -0.39 is 44.7 Å². The third-order valence-electron chi connectivity index (χ3n) is 6.79. The highest BCUT2D eigenvalue weighted by Crippen LogP contribution is 2.61. The fourth-order valence-corrected chi connectivity index (χ4v) is 7.05. The molecule has 19 heteroatoms. The lowest BCUT2D eigenvalue weighted by Crippen LogP contribution is -2.45. The van der Waals surface area contributed by atoms with Gasteiger partial charge in [0.05, 0.1) is 23.3 Å². The summed E-state index contributed by atoms with van der Waals surface area (Å²) in [5.74, 6) is -3.08. The predicted molar refractivity (Wildman–Crippen MR) is 169 cm³/mol. The fourth-order valence-electron chi connectivity index (χ4n) is 4.50. The van der Waals surface area contributed by atoms with Crippen molar-refractivity contribution in [1.82, 2.24) is 14.9 Å². The number of carbonyl (C=O) groups excluding carboxylic acids is 2. The lowest BCUT2D eigenvalue weighted by atomic mass is 10.1. The number of halogens is 2. The van der Waals surface area contributed by atoms with Crippen LogP contribution in [0.5, 0.6) is 5.75 Å². The molecule has 6 N–H and O–H groups in total. The summed E-state index contributed by atoms with van der Waals surface area (Å²) in [6.45, 7) is 5.19. The second-order valence-corrected chi connectivity index (χ2v) is 14.6. The third-order valence-corrected chi connectivity index (χ3v) is 10.8. The van der Waals surface area contributed by atoms with Crippen LogP contribution in [-0.4, -0.2) is 84.9 Å². The molecule has 46 heavy (non-hydrogen) atoms. The van der Waals surface area contributed by atoms with Crippen LogP contribution in [0.3, 0.4) is 0 Å². The van der Waals surface area contributed by atoms with Gasteiger partial charge in [0.1, 0.15) is 5.69 Å². The van der Waals surface area contributed by atoms with Crippen molar-refractivity contribution in [3.63, 3.8) is 0 Å². The lowest BCUT2D eigenvalue weighted by molar-refractivity contribution is -0.134. The topological polar surface area (TPSA) is 215 Å². The van der Waals surface area contributed by atoms with Gasteiger partial charge in [0.2, 0.25) is 11.9 Å². The first-order valence-electron chi connectivity index (χ1n) is 13.5. The summed E-state index contributed by atoms with van der Waals surface area (Å²) < 4.78 is 44.5. The Hall–Kier alpha value is -3.72. The number of hydrogen-bond acceptors (Lipinski definition) is 10. The number of carbonyl (C=O) groups is 2. The van der Waals surface area contributed by atoms with E-state index in [2.05, 4.69) is 27.2 Å². The van der Waals surface area contributed by atoms with E-state index in [1.807, 2.05) is 11.9 Å². The number of nitrogens with one attached hydrogen (secondary N) is 2. The van der Waals surface area contributed by atoms with Crippen LogP contribution in [0.2, 0.25) is 5.02 Å². The molecule has 1 amide bonds. The largest absolute Gasteiger partial charge is 0.424 e. The molecule has 0 bridgehead atoms. The monoisotopic (exact) mass is 698 g/mol. The van der Waals surface area contributed by atoms with Gasteiger partial charge in [0.25, 0.3) is 0 Å². The van der Waals surface area contributed by atoms with E-state index in [1.165, 1.54) is 12.3 Å². The van der Waals surface area contributed by atoms with E-state index in [1.54, 1.807) is 29.2 Å². The molecule has 4 rings (SSSR count). The minimum Gasteiger partial charge on any atom is -0.424 e. The number of piperazine rings is 1. The quantitative estimate of drug-likeness (QED) is 0.0732. The summed E-state index contributed by atoms with van der Waals surface area (Å²) in [5.41, 5.74) is 1.08. The van der Waals surface area contributed by atoms with Gasteiger partial charge in [-0.1, -0.05) is 30.3 Å². The molecule has 1 aliphatic rings.